The molecule has 6 nitrogen and oxygen atoms in total. The van der Waals surface area contributed by atoms with E-state index in [0.717, 1.165) is 16.9 Å². The van der Waals surface area contributed by atoms with Crippen LogP contribution in [-0.2, 0) is 22.6 Å². The molecule has 0 fully saturated rings. The third-order valence-corrected chi connectivity index (χ3v) is 3.74. The SMILES string of the molecule is COc1ccc(CC(=O)NCc2ccc(OCCCC(=O)O)cc2)cc1. The average Bonchev–Trinajstić information content (AvgIpc) is 2.65. The van der Waals surface area contributed by atoms with Gasteiger partial charge in [0.25, 0.3) is 0 Å². The molecule has 0 atom stereocenters. The molecule has 0 aliphatic heterocycles. The van der Waals surface area contributed by atoms with Gasteiger partial charge in [0.15, 0.2) is 0 Å². The first-order valence-electron chi connectivity index (χ1n) is 8.40. The van der Waals surface area contributed by atoms with Gasteiger partial charge in [0, 0.05) is 13.0 Å². The largest absolute Gasteiger partial charge is 0.497 e. The zero-order valence-corrected chi connectivity index (χ0v) is 14.7. The van der Waals surface area contributed by atoms with Crippen LogP contribution in [0.1, 0.15) is 24.0 Å². The first-order valence-corrected chi connectivity index (χ1v) is 8.40. The van der Waals surface area contributed by atoms with Crippen molar-refractivity contribution in [3.63, 3.8) is 0 Å². The lowest BCUT2D eigenvalue weighted by Gasteiger charge is -2.08. The number of carboxylic acids is 1. The van der Waals surface area contributed by atoms with E-state index < -0.39 is 5.97 Å². The second-order valence-corrected chi connectivity index (χ2v) is 5.79. The van der Waals surface area contributed by atoms with Gasteiger partial charge in [0.05, 0.1) is 20.1 Å². The van der Waals surface area contributed by atoms with Gasteiger partial charge >= 0.3 is 5.97 Å². The fraction of sp³-hybridized carbons (Fsp3) is 0.300. The van der Waals surface area contributed by atoms with Crippen molar-refractivity contribution in [2.75, 3.05) is 13.7 Å². The van der Waals surface area contributed by atoms with Crippen LogP contribution in [0.3, 0.4) is 0 Å². The Morgan fingerprint density at radius 3 is 2.19 bits per heavy atom. The molecule has 2 aromatic rings. The zero-order chi connectivity index (χ0) is 18.8. The number of hydrogen-bond donors (Lipinski definition) is 2. The van der Waals surface area contributed by atoms with E-state index in [1.54, 1.807) is 7.11 Å². The number of nitrogens with one attached hydrogen (secondary N) is 1. The number of benzene rings is 2. The van der Waals surface area contributed by atoms with E-state index in [0.29, 0.717) is 31.7 Å². The van der Waals surface area contributed by atoms with E-state index in [1.165, 1.54) is 0 Å². The average molecular weight is 357 g/mol. The maximum Gasteiger partial charge on any atom is 0.303 e. The molecule has 2 rings (SSSR count). The number of hydrogen-bond acceptors (Lipinski definition) is 4. The number of carbonyl (C=O) groups excluding carboxylic acids is 1. The van der Waals surface area contributed by atoms with E-state index in [9.17, 15) is 9.59 Å². The summed E-state index contributed by atoms with van der Waals surface area (Å²) in [7, 11) is 1.61. The van der Waals surface area contributed by atoms with E-state index >= 15 is 0 Å². The molecule has 0 spiro atoms. The molecule has 0 aromatic heterocycles. The number of amides is 1. The van der Waals surface area contributed by atoms with Gasteiger partial charge in [-0.2, -0.15) is 0 Å². The fourth-order valence-electron chi connectivity index (χ4n) is 2.31. The van der Waals surface area contributed by atoms with Crippen LogP contribution in [0.4, 0.5) is 0 Å². The van der Waals surface area contributed by atoms with Crippen LogP contribution in [-0.4, -0.2) is 30.7 Å². The van der Waals surface area contributed by atoms with Crippen molar-refractivity contribution >= 4 is 11.9 Å². The van der Waals surface area contributed by atoms with Gasteiger partial charge in [-0.1, -0.05) is 24.3 Å². The van der Waals surface area contributed by atoms with Crippen LogP contribution in [0, 0.1) is 0 Å². The van der Waals surface area contributed by atoms with E-state index in [-0.39, 0.29) is 12.3 Å². The summed E-state index contributed by atoms with van der Waals surface area (Å²) >= 11 is 0. The molecule has 0 unspecified atom stereocenters. The van der Waals surface area contributed by atoms with Crippen LogP contribution in [0.5, 0.6) is 11.5 Å². The molecular formula is C20H23NO5. The van der Waals surface area contributed by atoms with Crippen LogP contribution >= 0.6 is 0 Å². The molecular weight excluding hydrogens is 334 g/mol. The quantitative estimate of drug-likeness (QED) is 0.639. The Morgan fingerprint density at radius 2 is 1.58 bits per heavy atom. The maximum absolute atomic E-state index is 12.0. The van der Waals surface area contributed by atoms with Crippen molar-refractivity contribution in [1.29, 1.82) is 0 Å². The zero-order valence-electron chi connectivity index (χ0n) is 14.7. The van der Waals surface area contributed by atoms with E-state index in [2.05, 4.69) is 5.32 Å². The Bertz CT molecular complexity index is 710. The highest BCUT2D eigenvalue weighted by molar-refractivity contribution is 5.78. The second kappa shape index (κ2) is 10.1. The highest BCUT2D eigenvalue weighted by Crippen LogP contribution is 2.13. The summed E-state index contributed by atoms with van der Waals surface area (Å²) in [6.45, 7) is 0.804. The molecule has 0 heterocycles. The highest BCUT2D eigenvalue weighted by Gasteiger charge is 2.04. The minimum Gasteiger partial charge on any atom is -0.497 e. The molecule has 0 aliphatic rings. The van der Waals surface area contributed by atoms with Crippen molar-refractivity contribution in [2.45, 2.75) is 25.8 Å². The van der Waals surface area contributed by atoms with Gasteiger partial charge in [-0.3, -0.25) is 9.59 Å². The molecule has 2 N–H and O–H groups in total. The molecule has 0 saturated carbocycles. The molecule has 6 heteroatoms. The summed E-state index contributed by atoms with van der Waals surface area (Å²) in [6.07, 6.45) is 0.881. The summed E-state index contributed by atoms with van der Waals surface area (Å²) in [5, 5.41) is 11.5. The predicted molar refractivity (Wildman–Crippen MR) is 97.4 cm³/mol. The number of rotatable bonds is 10. The van der Waals surface area contributed by atoms with Crippen LogP contribution in [0.25, 0.3) is 0 Å². The Morgan fingerprint density at radius 1 is 0.962 bits per heavy atom. The number of methoxy groups -OCH3 is 1. The predicted octanol–water partition coefficient (Wildman–Crippen LogP) is 2.80. The van der Waals surface area contributed by atoms with Crippen molar-refractivity contribution in [2.24, 2.45) is 0 Å². The summed E-state index contributed by atoms with van der Waals surface area (Å²) in [6, 6.07) is 14.8. The number of carboxylic acid groups (broad SMARTS) is 1. The molecule has 138 valence electrons. The first kappa shape index (κ1) is 19.3. The normalized spacial score (nSPS) is 10.2. The molecule has 1 amide bonds. The molecule has 0 saturated heterocycles. The summed E-state index contributed by atoms with van der Waals surface area (Å²) in [5.74, 6) is 0.571. The summed E-state index contributed by atoms with van der Waals surface area (Å²) in [5.41, 5.74) is 1.89. The lowest BCUT2D eigenvalue weighted by atomic mass is 10.1. The smallest absolute Gasteiger partial charge is 0.303 e. The number of ether oxygens (including phenoxy) is 2. The van der Waals surface area contributed by atoms with Gasteiger partial charge in [-0.25, -0.2) is 0 Å². The first-order chi connectivity index (χ1) is 12.6. The molecule has 0 bridgehead atoms. The minimum atomic E-state index is -0.825. The van der Waals surface area contributed by atoms with Gasteiger partial charge in [0.1, 0.15) is 11.5 Å². The standard InChI is InChI=1S/C20H23NO5/c1-25-17-8-4-15(5-9-17)13-19(22)21-14-16-6-10-18(11-7-16)26-12-2-3-20(23)24/h4-11H,2-3,12-14H2,1H3,(H,21,22)(H,23,24). The number of carbonyl (C=O) groups is 2. The third-order valence-electron chi connectivity index (χ3n) is 3.74. The third kappa shape index (κ3) is 6.84. The highest BCUT2D eigenvalue weighted by atomic mass is 16.5. The van der Waals surface area contributed by atoms with Gasteiger partial charge in [-0.15, -0.1) is 0 Å². The van der Waals surface area contributed by atoms with Crippen LogP contribution in [0.2, 0.25) is 0 Å². The van der Waals surface area contributed by atoms with E-state index in [4.69, 9.17) is 14.6 Å². The maximum atomic E-state index is 12.0. The Balaban J connectivity index is 1.72. The Kier molecular flexibility index (Phi) is 7.49. The van der Waals surface area contributed by atoms with Crippen LogP contribution < -0.4 is 14.8 Å². The van der Waals surface area contributed by atoms with Crippen molar-refractivity contribution < 1.29 is 24.2 Å². The molecule has 0 radical (unpaired) electrons. The second-order valence-electron chi connectivity index (χ2n) is 5.79. The fourth-order valence-corrected chi connectivity index (χ4v) is 2.31. The van der Waals surface area contributed by atoms with E-state index in [1.807, 2.05) is 48.5 Å². The molecule has 2 aromatic carbocycles. The van der Waals surface area contributed by atoms with Crippen molar-refractivity contribution in [1.82, 2.24) is 5.32 Å². The topological polar surface area (TPSA) is 84.9 Å². The Labute approximate surface area is 152 Å². The van der Waals surface area contributed by atoms with Gasteiger partial charge < -0.3 is 19.9 Å². The van der Waals surface area contributed by atoms with Gasteiger partial charge in [0.2, 0.25) is 5.91 Å². The van der Waals surface area contributed by atoms with Crippen molar-refractivity contribution in [3.05, 3.63) is 59.7 Å². The summed E-state index contributed by atoms with van der Waals surface area (Å²) < 4.78 is 10.6. The minimum absolute atomic E-state index is 0.0517. The van der Waals surface area contributed by atoms with Gasteiger partial charge in [-0.05, 0) is 41.8 Å². The molecule has 26 heavy (non-hydrogen) atoms. The lowest BCUT2D eigenvalue weighted by molar-refractivity contribution is -0.137. The number of aliphatic carboxylic acids is 1. The monoisotopic (exact) mass is 357 g/mol. The van der Waals surface area contributed by atoms with Crippen molar-refractivity contribution in [3.8, 4) is 11.5 Å². The molecule has 0 aliphatic carbocycles. The summed E-state index contributed by atoms with van der Waals surface area (Å²) in [4.78, 5) is 22.5. The van der Waals surface area contributed by atoms with Crippen LogP contribution in [0.15, 0.2) is 48.5 Å². The lowest BCUT2D eigenvalue weighted by Crippen LogP contribution is -2.24. The Hall–Kier alpha value is -3.02.